The van der Waals surface area contributed by atoms with Gasteiger partial charge in [-0.15, -0.1) is 10.2 Å². The number of nitrogen functional groups attached to an aromatic ring is 1. The third kappa shape index (κ3) is 1.84. The Bertz CT molecular complexity index is 546. The van der Waals surface area contributed by atoms with Gasteiger partial charge in [-0.1, -0.05) is 0 Å². The fraction of sp³-hybridized carbons (Fsp3) is 0.333. The van der Waals surface area contributed by atoms with Crippen LogP contribution in [0.1, 0.15) is 24.7 Å². The minimum absolute atomic E-state index is 0.454. The van der Waals surface area contributed by atoms with Crippen molar-refractivity contribution in [3.05, 3.63) is 24.1 Å². The van der Waals surface area contributed by atoms with Gasteiger partial charge in [0, 0.05) is 17.7 Å². The molecule has 0 atom stereocenters. The average Bonchev–Trinajstić information content (AvgIpc) is 3.08. The lowest BCUT2D eigenvalue weighted by Gasteiger charge is -2.03. The van der Waals surface area contributed by atoms with Gasteiger partial charge in [-0.05, 0) is 25.0 Å². The van der Waals surface area contributed by atoms with E-state index in [0.717, 1.165) is 24.3 Å². The molecule has 1 heterocycles. The SMILES string of the molecule is COc1ccc(-c2nnc(C3CC3)o2)c(N)c1. The Hall–Kier alpha value is -2.04. The van der Waals surface area contributed by atoms with Crippen LogP contribution >= 0.6 is 0 Å². The molecular formula is C12H13N3O2. The highest BCUT2D eigenvalue weighted by atomic mass is 16.5. The first-order valence-electron chi connectivity index (χ1n) is 5.55. The van der Waals surface area contributed by atoms with E-state index < -0.39 is 0 Å². The first-order valence-corrected chi connectivity index (χ1v) is 5.55. The van der Waals surface area contributed by atoms with Crippen LogP contribution in [0.3, 0.4) is 0 Å². The fourth-order valence-corrected chi connectivity index (χ4v) is 1.70. The average molecular weight is 231 g/mol. The van der Waals surface area contributed by atoms with Crippen molar-refractivity contribution >= 4 is 5.69 Å². The number of rotatable bonds is 3. The summed E-state index contributed by atoms with van der Waals surface area (Å²) in [6.45, 7) is 0. The Morgan fingerprint density at radius 2 is 2.18 bits per heavy atom. The Morgan fingerprint density at radius 1 is 1.35 bits per heavy atom. The summed E-state index contributed by atoms with van der Waals surface area (Å²) in [4.78, 5) is 0. The summed E-state index contributed by atoms with van der Waals surface area (Å²) >= 11 is 0. The van der Waals surface area contributed by atoms with Gasteiger partial charge in [0.25, 0.3) is 0 Å². The highest BCUT2D eigenvalue weighted by Gasteiger charge is 2.29. The van der Waals surface area contributed by atoms with Crippen molar-refractivity contribution < 1.29 is 9.15 Å². The molecule has 0 saturated heterocycles. The van der Waals surface area contributed by atoms with Crippen molar-refractivity contribution in [3.8, 4) is 17.2 Å². The van der Waals surface area contributed by atoms with Crippen LogP contribution in [-0.2, 0) is 0 Å². The van der Waals surface area contributed by atoms with E-state index >= 15 is 0 Å². The Kier molecular flexibility index (Phi) is 2.24. The monoisotopic (exact) mass is 231 g/mol. The molecule has 5 nitrogen and oxygen atoms in total. The summed E-state index contributed by atoms with van der Waals surface area (Å²) in [5.74, 6) is 2.37. The quantitative estimate of drug-likeness (QED) is 0.820. The standard InChI is InChI=1S/C12H13N3O2/c1-16-8-4-5-9(10(13)6-8)12-15-14-11(17-12)7-2-3-7/h4-7H,2-3,13H2,1H3. The van der Waals surface area contributed by atoms with Crippen LogP contribution in [-0.4, -0.2) is 17.3 Å². The second kappa shape index (κ2) is 3.76. The topological polar surface area (TPSA) is 74.2 Å². The molecule has 1 aromatic heterocycles. The molecule has 5 heteroatoms. The smallest absolute Gasteiger partial charge is 0.249 e. The molecule has 0 amide bonds. The normalized spacial score (nSPS) is 14.9. The van der Waals surface area contributed by atoms with Crippen molar-refractivity contribution in [2.75, 3.05) is 12.8 Å². The minimum Gasteiger partial charge on any atom is -0.497 e. The molecule has 1 aliphatic rings. The third-order valence-electron chi connectivity index (χ3n) is 2.86. The molecule has 0 bridgehead atoms. The van der Waals surface area contributed by atoms with Crippen molar-refractivity contribution in [2.24, 2.45) is 0 Å². The van der Waals surface area contributed by atoms with Crippen molar-refractivity contribution in [2.45, 2.75) is 18.8 Å². The number of aromatic nitrogens is 2. The maximum Gasteiger partial charge on any atom is 0.249 e. The zero-order valence-corrected chi connectivity index (χ0v) is 9.51. The predicted octanol–water partition coefficient (Wildman–Crippen LogP) is 2.20. The van der Waals surface area contributed by atoms with Crippen LogP contribution in [0, 0.1) is 0 Å². The molecule has 0 aliphatic heterocycles. The fourth-order valence-electron chi connectivity index (χ4n) is 1.70. The molecule has 1 saturated carbocycles. The summed E-state index contributed by atoms with van der Waals surface area (Å²) in [5.41, 5.74) is 7.26. The molecular weight excluding hydrogens is 218 g/mol. The Labute approximate surface area is 98.6 Å². The van der Waals surface area contributed by atoms with Gasteiger partial charge < -0.3 is 14.9 Å². The second-order valence-electron chi connectivity index (χ2n) is 4.17. The molecule has 1 fully saturated rings. The van der Waals surface area contributed by atoms with E-state index in [0.29, 0.717) is 23.2 Å². The molecule has 2 N–H and O–H groups in total. The summed E-state index contributed by atoms with van der Waals surface area (Å²) in [7, 11) is 1.60. The van der Waals surface area contributed by atoms with Gasteiger partial charge in [0.05, 0.1) is 12.7 Å². The maximum atomic E-state index is 5.92. The second-order valence-corrected chi connectivity index (χ2v) is 4.17. The van der Waals surface area contributed by atoms with Gasteiger partial charge in [-0.25, -0.2) is 0 Å². The minimum atomic E-state index is 0.454. The summed E-state index contributed by atoms with van der Waals surface area (Å²) in [5, 5.41) is 8.06. The first-order chi connectivity index (χ1) is 8.28. The molecule has 2 aromatic rings. The molecule has 0 radical (unpaired) electrons. The van der Waals surface area contributed by atoms with Gasteiger partial charge >= 0.3 is 0 Å². The van der Waals surface area contributed by atoms with Crippen LogP contribution in [0.5, 0.6) is 5.75 Å². The molecule has 0 spiro atoms. The number of nitrogens with zero attached hydrogens (tertiary/aromatic N) is 2. The number of ether oxygens (including phenoxy) is 1. The summed E-state index contributed by atoms with van der Waals surface area (Å²) in [6.07, 6.45) is 2.28. The lowest BCUT2D eigenvalue weighted by atomic mass is 10.2. The summed E-state index contributed by atoms with van der Waals surface area (Å²) in [6, 6.07) is 5.40. The zero-order chi connectivity index (χ0) is 11.8. The van der Waals surface area contributed by atoms with Gasteiger partial charge in [-0.3, -0.25) is 0 Å². The maximum absolute atomic E-state index is 5.92. The molecule has 0 unspecified atom stereocenters. The van der Waals surface area contributed by atoms with Crippen LogP contribution in [0.4, 0.5) is 5.69 Å². The summed E-state index contributed by atoms with van der Waals surface area (Å²) < 4.78 is 10.7. The van der Waals surface area contributed by atoms with Crippen LogP contribution in [0.15, 0.2) is 22.6 Å². The van der Waals surface area contributed by atoms with Gasteiger partial charge in [0.2, 0.25) is 11.8 Å². The molecule has 3 rings (SSSR count). The van der Waals surface area contributed by atoms with Gasteiger partial charge in [0.1, 0.15) is 5.75 Å². The van der Waals surface area contributed by atoms with E-state index in [1.165, 1.54) is 0 Å². The van der Waals surface area contributed by atoms with Crippen LogP contribution < -0.4 is 10.5 Å². The van der Waals surface area contributed by atoms with E-state index in [-0.39, 0.29) is 0 Å². The number of anilines is 1. The van der Waals surface area contributed by atoms with Crippen LogP contribution in [0.25, 0.3) is 11.5 Å². The highest BCUT2D eigenvalue weighted by Crippen LogP contribution is 2.40. The lowest BCUT2D eigenvalue weighted by molar-refractivity contribution is 0.415. The predicted molar refractivity (Wildman–Crippen MR) is 62.7 cm³/mol. The van der Waals surface area contributed by atoms with Crippen molar-refractivity contribution in [3.63, 3.8) is 0 Å². The molecule has 1 aliphatic carbocycles. The molecule has 88 valence electrons. The Balaban J connectivity index is 1.96. The van der Waals surface area contributed by atoms with E-state index in [1.807, 2.05) is 12.1 Å². The van der Waals surface area contributed by atoms with E-state index in [4.69, 9.17) is 14.9 Å². The van der Waals surface area contributed by atoms with E-state index in [9.17, 15) is 0 Å². The zero-order valence-electron chi connectivity index (χ0n) is 9.51. The lowest BCUT2D eigenvalue weighted by Crippen LogP contribution is -1.92. The molecule has 17 heavy (non-hydrogen) atoms. The van der Waals surface area contributed by atoms with Gasteiger partial charge in [0.15, 0.2) is 0 Å². The van der Waals surface area contributed by atoms with Gasteiger partial charge in [-0.2, -0.15) is 0 Å². The number of methoxy groups -OCH3 is 1. The van der Waals surface area contributed by atoms with Crippen LogP contribution in [0.2, 0.25) is 0 Å². The number of hydrogen-bond acceptors (Lipinski definition) is 5. The van der Waals surface area contributed by atoms with E-state index in [2.05, 4.69) is 10.2 Å². The Morgan fingerprint density at radius 3 is 2.82 bits per heavy atom. The van der Waals surface area contributed by atoms with Crippen molar-refractivity contribution in [1.29, 1.82) is 0 Å². The van der Waals surface area contributed by atoms with E-state index in [1.54, 1.807) is 13.2 Å². The molecule has 1 aromatic carbocycles. The third-order valence-corrected chi connectivity index (χ3v) is 2.86. The largest absolute Gasteiger partial charge is 0.497 e. The number of hydrogen-bond donors (Lipinski definition) is 1. The highest BCUT2D eigenvalue weighted by molar-refractivity contribution is 5.71. The first kappa shape index (κ1) is 10.1. The van der Waals surface area contributed by atoms with Crippen molar-refractivity contribution in [1.82, 2.24) is 10.2 Å². The number of nitrogens with two attached hydrogens (primary N) is 1. The number of benzene rings is 1.